The molecule has 4 heteroatoms. The van der Waals surface area contributed by atoms with Crippen LogP contribution in [0.3, 0.4) is 0 Å². The summed E-state index contributed by atoms with van der Waals surface area (Å²) in [7, 11) is 0. The molecule has 0 saturated heterocycles. The van der Waals surface area contributed by atoms with Crippen molar-refractivity contribution in [3.05, 3.63) is 23.9 Å². The summed E-state index contributed by atoms with van der Waals surface area (Å²) in [6.07, 6.45) is 1.41. The molecule has 0 saturated carbocycles. The number of rotatable bonds is 2. The van der Waals surface area contributed by atoms with Crippen LogP contribution in [-0.4, -0.2) is 11.6 Å². The van der Waals surface area contributed by atoms with E-state index in [0.29, 0.717) is 0 Å². The summed E-state index contributed by atoms with van der Waals surface area (Å²) >= 11 is 0. The summed E-state index contributed by atoms with van der Waals surface area (Å²) in [5.74, 6) is -0.106. The van der Waals surface area contributed by atoms with E-state index in [1.54, 1.807) is 6.92 Å². The van der Waals surface area contributed by atoms with Gasteiger partial charge in [0.1, 0.15) is 0 Å². The number of ether oxygens (including phenoxy) is 1. The van der Waals surface area contributed by atoms with Crippen molar-refractivity contribution in [1.82, 2.24) is 4.98 Å². The van der Waals surface area contributed by atoms with Crippen LogP contribution in [0.5, 0.6) is 5.88 Å². The number of aryl methyl sites for hydroxylation is 1. The van der Waals surface area contributed by atoms with E-state index in [0.717, 1.165) is 5.56 Å². The summed E-state index contributed by atoms with van der Waals surface area (Å²) in [4.78, 5) is 3.58. The molecule has 11 heavy (non-hydrogen) atoms. The Morgan fingerprint density at radius 3 is 2.82 bits per heavy atom. The first-order valence-corrected chi connectivity index (χ1v) is 2.97. The normalized spacial score (nSPS) is 10.2. The smallest absolute Gasteiger partial charge is 0.388 e. The van der Waals surface area contributed by atoms with Gasteiger partial charge in [-0.3, -0.25) is 0 Å². The van der Waals surface area contributed by atoms with Crippen LogP contribution in [0.1, 0.15) is 5.56 Å². The lowest BCUT2D eigenvalue weighted by Gasteiger charge is -2.01. The number of halogens is 2. The van der Waals surface area contributed by atoms with Crippen molar-refractivity contribution in [3.63, 3.8) is 0 Å². The molecule has 0 aliphatic rings. The zero-order valence-electron chi connectivity index (χ0n) is 5.84. The van der Waals surface area contributed by atoms with Crippen LogP contribution in [0.2, 0.25) is 0 Å². The van der Waals surface area contributed by atoms with Crippen molar-refractivity contribution in [1.29, 1.82) is 0 Å². The van der Waals surface area contributed by atoms with Gasteiger partial charge in [-0.1, -0.05) is 0 Å². The third kappa shape index (κ3) is 2.49. The number of alkyl halides is 2. The highest BCUT2D eigenvalue weighted by Crippen LogP contribution is 2.08. The Hall–Kier alpha value is -1.19. The third-order valence-electron chi connectivity index (χ3n) is 1.02. The SMILES string of the molecule is Cc1[c]cc(OC(F)F)nc1. The molecule has 0 unspecified atom stereocenters. The van der Waals surface area contributed by atoms with Gasteiger partial charge in [0.2, 0.25) is 5.88 Å². The van der Waals surface area contributed by atoms with Crippen molar-refractivity contribution in [2.24, 2.45) is 0 Å². The summed E-state index contributed by atoms with van der Waals surface area (Å²) in [6.45, 7) is -1.06. The largest absolute Gasteiger partial charge is 0.417 e. The number of hydrogen-bond donors (Lipinski definition) is 0. The molecule has 59 valence electrons. The minimum absolute atomic E-state index is 0.106. The highest BCUT2D eigenvalue weighted by molar-refractivity contribution is 5.14. The van der Waals surface area contributed by atoms with E-state index in [9.17, 15) is 8.78 Å². The van der Waals surface area contributed by atoms with Crippen molar-refractivity contribution in [2.75, 3.05) is 0 Å². The van der Waals surface area contributed by atoms with Crippen LogP contribution in [-0.2, 0) is 0 Å². The number of aromatic nitrogens is 1. The molecule has 0 N–H and O–H groups in total. The first kappa shape index (κ1) is 7.91. The van der Waals surface area contributed by atoms with Gasteiger partial charge in [-0.05, 0) is 18.6 Å². The fourth-order valence-corrected chi connectivity index (χ4v) is 0.566. The Bertz CT molecular complexity index is 222. The van der Waals surface area contributed by atoms with Gasteiger partial charge in [-0.2, -0.15) is 8.78 Å². The summed E-state index contributed by atoms with van der Waals surface area (Å²) < 4.78 is 27.1. The van der Waals surface area contributed by atoms with Gasteiger partial charge in [0, 0.05) is 12.3 Å². The second-order valence-electron chi connectivity index (χ2n) is 1.95. The van der Waals surface area contributed by atoms with E-state index in [-0.39, 0.29) is 5.88 Å². The molecule has 0 aliphatic carbocycles. The highest BCUT2D eigenvalue weighted by Gasteiger charge is 2.03. The number of hydrogen-bond acceptors (Lipinski definition) is 2. The predicted octanol–water partition coefficient (Wildman–Crippen LogP) is 1.79. The van der Waals surface area contributed by atoms with E-state index in [4.69, 9.17) is 0 Å². The standard InChI is InChI=1S/C7H6F2NO/c1-5-2-3-6(10-4-5)11-7(8)9/h3-4,7H,1H3. The average molecular weight is 158 g/mol. The zero-order valence-corrected chi connectivity index (χ0v) is 5.84. The van der Waals surface area contributed by atoms with Crippen molar-refractivity contribution < 1.29 is 13.5 Å². The molecule has 0 atom stereocenters. The molecule has 1 aromatic rings. The van der Waals surface area contributed by atoms with Gasteiger partial charge in [-0.15, -0.1) is 0 Å². The van der Waals surface area contributed by atoms with E-state index in [2.05, 4.69) is 15.8 Å². The lowest BCUT2D eigenvalue weighted by Crippen LogP contribution is -2.03. The van der Waals surface area contributed by atoms with Crippen molar-refractivity contribution >= 4 is 0 Å². The van der Waals surface area contributed by atoms with Crippen LogP contribution in [0.15, 0.2) is 12.3 Å². The Morgan fingerprint density at radius 2 is 2.36 bits per heavy atom. The highest BCUT2D eigenvalue weighted by atomic mass is 19.3. The molecule has 0 fully saturated rings. The summed E-state index contributed by atoms with van der Waals surface area (Å²) in [6, 6.07) is 3.96. The summed E-state index contributed by atoms with van der Waals surface area (Å²) in [5, 5.41) is 0. The quantitative estimate of drug-likeness (QED) is 0.654. The number of nitrogens with zero attached hydrogens (tertiary/aromatic N) is 1. The van der Waals surface area contributed by atoms with Crippen LogP contribution >= 0.6 is 0 Å². The molecule has 0 aromatic carbocycles. The van der Waals surface area contributed by atoms with Gasteiger partial charge in [0.05, 0.1) is 0 Å². The molecule has 0 aliphatic heterocycles. The first-order chi connectivity index (χ1) is 5.18. The van der Waals surface area contributed by atoms with Gasteiger partial charge >= 0.3 is 6.61 Å². The minimum Gasteiger partial charge on any atom is -0.417 e. The lowest BCUT2D eigenvalue weighted by atomic mass is 10.3. The maximum Gasteiger partial charge on any atom is 0.388 e. The topological polar surface area (TPSA) is 22.1 Å². The fraction of sp³-hybridized carbons (Fsp3) is 0.286. The Morgan fingerprint density at radius 1 is 1.64 bits per heavy atom. The van der Waals surface area contributed by atoms with Gasteiger partial charge in [0.15, 0.2) is 0 Å². The zero-order chi connectivity index (χ0) is 8.27. The van der Waals surface area contributed by atoms with E-state index >= 15 is 0 Å². The molecule has 1 aromatic heterocycles. The molecule has 0 bridgehead atoms. The molecule has 1 radical (unpaired) electrons. The monoisotopic (exact) mass is 158 g/mol. The maximum absolute atomic E-state index is 11.5. The molecule has 2 nitrogen and oxygen atoms in total. The van der Waals surface area contributed by atoms with E-state index in [1.807, 2.05) is 0 Å². The van der Waals surface area contributed by atoms with Gasteiger partial charge in [-0.25, -0.2) is 4.98 Å². The van der Waals surface area contributed by atoms with Crippen molar-refractivity contribution in [2.45, 2.75) is 13.5 Å². The average Bonchev–Trinajstić information content (AvgIpc) is 1.93. The van der Waals surface area contributed by atoms with Crippen LogP contribution in [0, 0.1) is 13.0 Å². The molecular formula is C7H6F2NO. The molecule has 1 heterocycles. The summed E-state index contributed by atoms with van der Waals surface area (Å²) in [5.41, 5.74) is 0.784. The lowest BCUT2D eigenvalue weighted by molar-refractivity contribution is -0.0528. The molecular weight excluding hydrogens is 152 g/mol. The molecule has 0 spiro atoms. The molecule has 1 rings (SSSR count). The second-order valence-corrected chi connectivity index (χ2v) is 1.95. The van der Waals surface area contributed by atoms with Crippen LogP contribution in [0.25, 0.3) is 0 Å². The second kappa shape index (κ2) is 3.27. The Labute approximate surface area is 62.8 Å². The predicted molar refractivity (Wildman–Crippen MR) is 34.4 cm³/mol. The minimum atomic E-state index is -2.82. The Kier molecular flexibility index (Phi) is 2.36. The van der Waals surface area contributed by atoms with E-state index in [1.165, 1.54) is 12.3 Å². The third-order valence-corrected chi connectivity index (χ3v) is 1.02. The van der Waals surface area contributed by atoms with Crippen LogP contribution < -0.4 is 4.74 Å². The van der Waals surface area contributed by atoms with Crippen molar-refractivity contribution in [3.8, 4) is 5.88 Å². The van der Waals surface area contributed by atoms with Gasteiger partial charge < -0.3 is 4.74 Å². The fourth-order valence-electron chi connectivity index (χ4n) is 0.566. The van der Waals surface area contributed by atoms with E-state index < -0.39 is 6.61 Å². The molecule has 0 amide bonds. The number of pyridine rings is 1. The van der Waals surface area contributed by atoms with Crippen LogP contribution in [0.4, 0.5) is 8.78 Å². The first-order valence-electron chi connectivity index (χ1n) is 2.97. The maximum atomic E-state index is 11.5. The Balaban J connectivity index is 2.66. The van der Waals surface area contributed by atoms with Gasteiger partial charge in [0.25, 0.3) is 0 Å².